The molecule has 0 amide bonds. The van der Waals surface area contributed by atoms with Crippen LogP contribution in [0.15, 0.2) is 24.3 Å². The van der Waals surface area contributed by atoms with Crippen molar-refractivity contribution >= 4 is 0 Å². The predicted molar refractivity (Wildman–Crippen MR) is 65.7 cm³/mol. The second kappa shape index (κ2) is 6.25. The highest BCUT2D eigenvalue weighted by atomic mass is 19.4. The Morgan fingerprint density at radius 2 is 1.95 bits per heavy atom. The van der Waals surface area contributed by atoms with E-state index < -0.39 is 6.36 Å². The van der Waals surface area contributed by atoms with Crippen molar-refractivity contribution < 1.29 is 23.0 Å². The molecule has 0 spiro atoms. The maximum Gasteiger partial charge on any atom is 0.573 e. The van der Waals surface area contributed by atoms with Gasteiger partial charge in [0.2, 0.25) is 0 Å². The van der Waals surface area contributed by atoms with Gasteiger partial charge in [-0.05, 0) is 17.7 Å². The number of nitrogens with one attached hydrogen (secondary N) is 1. The third-order valence-corrected chi connectivity index (χ3v) is 2.49. The number of halogens is 3. The summed E-state index contributed by atoms with van der Waals surface area (Å²) in [6.07, 6.45) is -4.68. The van der Waals surface area contributed by atoms with E-state index in [0.29, 0.717) is 18.7 Å². The van der Waals surface area contributed by atoms with Crippen LogP contribution in [-0.2, 0) is 6.54 Å². The summed E-state index contributed by atoms with van der Waals surface area (Å²) >= 11 is 0. The monoisotopic (exact) mass is 277 g/mol. The molecule has 1 rings (SSSR count). The van der Waals surface area contributed by atoms with Gasteiger partial charge in [0.1, 0.15) is 5.75 Å². The average molecular weight is 277 g/mol. The first-order valence-corrected chi connectivity index (χ1v) is 5.88. The number of ether oxygens (including phenoxy) is 1. The van der Waals surface area contributed by atoms with Crippen molar-refractivity contribution in [3.05, 3.63) is 29.8 Å². The number of aliphatic hydroxyl groups is 1. The number of hydrogen-bond donors (Lipinski definition) is 2. The molecule has 0 radical (unpaired) electrons. The molecule has 19 heavy (non-hydrogen) atoms. The quantitative estimate of drug-likeness (QED) is 0.840. The van der Waals surface area contributed by atoms with Gasteiger partial charge in [-0.1, -0.05) is 26.0 Å². The van der Waals surface area contributed by atoms with Crippen molar-refractivity contribution in [2.45, 2.75) is 26.8 Å². The molecule has 0 aliphatic rings. The van der Waals surface area contributed by atoms with E-state index >= 15 is 0 Å². The van der Waals surface area contributed by atoms with Crippen LogP contribution >= 0.6 is 0 Å². The highest BCUT2D eigenvalue weighted by molar-refractivity contribution is 5.28. The Morgan fingerprint density at radius 1 is 1.26 bits per heavy atom. The first-order chi connectivity index (χ1) is 8.72. The molecular weight excluding hydrogens is 259 g/mol. The van der Waals surface area contributed by atoms with E-state index in [1.165, 1.54) is 18.2 Å². The Kier molecular flexibility index (Phi) is 5.20. The second-order valence-corrected chi connectivity index (χ2v) is 5.12. The van der Waals surface area contributed by atoms with E-state index in [1.54, 1.807) is 6.07 Å². The lowest BCUT2D eigenvalue weighted by molar-refractivity contribution is -0.274. The van der Waals surface area contributed by atoms with Gasteiger partial charge in [-0.2, -0.15) is 0 Å². The van der Waals surface area contributed by atoms with Crippen LogP contribution in [0.1, 0.15) is 19.4 Å². The molecule has 0 fully saturated rings. The van der Waals surface area contributed by atoms with Crippen molar-refractivity contribution in [1.82, 2.24) is 5.32 Å². The summed E-state index contributed by atoms with van der Waals surface area (Å²) in [6.45, 7) is 4.80. The summed E-state index contributed by atoms with van der Waals surface area (Å²) < 4.78 is 40.0. The molecule has 1 aromatic carbocycles. The molecule has 6 heteroatoms. The van der Waals surface area contributed by atoms with Gasteiger partial charge >= 0.3 is 6.36 Å². The van der Waals surface area contributed by atoms with Crippen molar-refractivity contribution in [3.63, 3.8) is 0 Å². The fourth-order valence-corrected chi connectivity index (χ4v) is 1.45. The lowest BCUT2D eigenvalue weighted by atomic mass is 9.95. The summed E-state index contributed by atoms with van der Waals surface area (Å²) in [5.41, 5.74) is 0.426. The summed E-state index contributed by atoms with van der Waals surface area (Å²) in [6, 6.07) is 5.82. The van der Waals surface area contributed by atoms with Gasteiger partial charge < -0.3 is 15.2 Å². The second-order valence-electron chi connectivity index (χ2n) is 5.12. The van der Waals surface area contributed by atoms with Crippen LogP contribution in [0.4, 0.5) is 13.2 Å². The number of benzene rings is 1. The molecule has 0 aliphatic carbocycles. The van der Waals surface area contributed by atoms with Gasteiger partial charge in [0.15, 0.2) is 0 Å². The number of alkyl halides is 3. The fourth-order valence-electron chi connectivity index (χ4n) is 1.45. The molecule has 1 aromatic rings. The van der Waals surface area contributed by atoms with E-state index in [2.05, 4.69) is 10.1 Å². The van der Waals surface area contributed by atoms with Crippen LogP contribution in [0.2, 0.25) is 0 Å². The summed E-state index contributed by atoms with van der Waals surface area (Å²) in [5, 5.41) is 12.2. The van der Waals surface area contributed by atoms with Crippen LogP contribution in [0.3, 0.4) is 0 Å². The standard InChI is InChI=1S/C13H18F3NO2/c1-12(2,9-18)8-17-7-10-4-3-5-11(6-10)19-13(14,15)16/h3-6,17-18H,7-9H2,1-2H3. The smallest absolute Gasteiger partial charge is 0.406 e. The van der Waals surface area contributed by atoms with E-state index in [9.17, 15) is 13.2 Å². The van der Waals surface area contributed by atoms with Gasteiger partial charge in [0.05, 0.1) is 0 Å². The zero-order valence-corrected chi connectivity index (χ0v) is 10.9. The normalized spacial score (nSPS) is 12.5. The summed E-state index contributed by atoms with van der Waals surface area (Å²) in [4.78, 5) is 0. The van der Waals surface area contributed by atoms with Gasteiger partial charge in [-0.3, -0.25) is 0 Å². The van der Waals surface area contributed by atoms with Crippen LogP contribution in [0.25, 0.3) is 0 Å². The molecule has 0 unspecified atom stereocenters. The van der Waals surface area contributed by atoms with Gasteiger partial charge in [0.25, 0.3) is 0 Å². The fraction of sp³-hybridized carbons (Fsp3) is 0.538. The lowest BCUT2D eigenvalue weighted by Gasteiger charge is -2.22. The summed E-state index contributed by atoms with van der Waals surface area (Å²) in [7, 11) is 0. The minimum atomic E-state index is -4.68. The van der Waals surface area contributed by atoms with Crippen LogP contribution in [-0.4, -0.2) is 24.6 Å². The molecule has 2 N–H and O–H groups in total. The minimum absolute atomic E-state index is 0.0389. The average Bonchev–Trinajstić information content (AvgIpc) is 2.27. The predicted octanol–water partition coefficient (Wildman–Crippen LogP) is 2.69. The molecule has 0 heterocycles. The first-order valence-electron chi connectivity index (χ1n) is 5.88. The topological polar surface area (TPSA) is 41.5 Å². The van der Waals surface area contributed by atoms with Gasteiger partial charge in [-0.25, -0.2) is 0 Å². The Bertz CT molecular complexity index is 405. The Morgan fingerprint density at radius 3 is 2.53 bits per heavy atom. The molecule has 3 nitrogen and oxygen atoms in total. The van der Waals surface area contributed by atoms with Gasteiger partial charge in [0, 0.05) is 25.1 Å². The largest absolute Gasteiger partial charge is 0.573 e. The highest BCUT2D eigenvalue weighted by Crippen LogP contribution is 2.23. The Labute approximate surface area is 110 Å². The molecular formula is C13H18F3NO2. The molecule has 0 saturated heterocycles. The van der Waals surface area contributed by atoms with Crippen molar-refractivity contribution in [3.8, 4) is 5.75 Å². The Hall–Kier alpha value is -1.27. The SMILES string of the molecule is CC(C)(CO)CNCc1cccc(OC(F)(F)F)c1. The zero-order chi connectivity index (χ0) is 14.5. The number of hydrogen-bond acceptors (Lipinski definition) is 3. The lowest BCUT2D eigenvalue weighted by Crippen LogP contribution is -2.31. The molecule has 0 bridgehead atoms. The van der Waals surface area contributed by atoms with E-state index in [4.69, 9.17) is 5.11 Å². The molecule has 0 aliphatic heterocycles. The van der Waals surface area contributed by atoms with E-state index in [0.717, 1.165) is 0 Å². The van der Waals surface area contributed by atoms with Crippen molar-refractivity contribution in [2.75, 3.05) is 13.2 Å². The van der Waals surface area contributed by atoms with Crippen LogP contribution < -0.4 is 10.1 Å². The first kappa shape index (κ1) is 15.8. The zero-order valence-electron chi connectivity index (χ0n) is 10.9. The molecule has 0 aromatic heterocycles. The number of rotatable bonds is 6. The van der Waals surface area contributed by atoms with E-state index in [1.807, 2.05) is 13.8 Å². The maximum absolute atomic E-state index is 12.1. The maximum atomic E-state index is 12.1. The van der Waals surface area contributed by atoms with E-state index in [-0.39, 0.29) is 17.8 Å². The molecule has 0 saturated carbocycles. The van der Waals surface area contributed by atoms with Crippen LogP contribution in [0, 0.1) is 5.41 Å². The minimum Gasteiger partial charge on any atom is -0.406 e. The van der Waals surface area contributed by atoms with Gasteiger partial charge in [-0.15, -0.1) is 13.2 Å². The molecule has 108 valence electrons. The third-order valence-electron chi connectivity index (χ3n) is 2.49. The highest BCUT2D eigenvalue weighted by Gasteiger charge is 2.31. The van der Waals surface area contributed by atoms with Crippen molar-refractivity contribution in [2.24, 2.45) is 5.41 Å². The number of aliphatic hydroxyl groups excluding tert-OH is 1. The third kappa shape index (κ3) is 6.45. The van der Waals surface area contributed by atoms with Crippen LogP contribution in [0.5, 0.6) is 5.75 Å². The molecule has 0 atom stereocenters. The summed E-state index contributed by atoms with van der Waals surface area (Å²) in [5.74, 6) is -0.229. The van der Waals surface area contributed by atoms with Crippen molar-refractivity contribution in [1.29, 1.82) is 0 Å². The Balaban J connectivity index is 2.53.